The van der Waals surface area contributed by atoms with E-state index in [2.05, 4.69) is 4.72 Å². The van der Waals surface area contributed by atoms with Crippen LogP contribution in [0.3, 0.4) is 0 Å². The van der Waals surface area contributed by atoms with E-state index in [0.29, 0.717) is 18.5 Å². The molecule has 2 unspecified atom stereocenters. The predicted molar refractivity (Wildman–Crippen MR) is 94.4 cm³/mol. The van der Waals surface area contributed by atoms with Crippen molar-refractivity contribution in [3.8, 4) is 0 Å². The second-order valence-electron chi connectivity index (χ2n) is 6.60. The first-order chi connectivity index (χ1) is 12.1. The Morgan fingerprint density at radius 1 is 1.31 bits per heavy atom. The molecule has 1 aliphatic heterocycles. The number of nitrogens with zero attached hydrogens (tertiary/aromatic N) is 1. The van der Waals surface area contributed by atoms with E-state index in [1.54, 1.807) is 13.8 Å². The standard InChI is InChI=1S/C17H24N2O6S/c1-11(2)18-26(23,24)15-6-4-12(5-7-15)17(22)19-10-14(25-3)8-13(19)9-16(20)21/h4-7,11,13-14,18H,8-10H2,1-3H3,(H,20,21). The summed E-state index contributed by atoms with van der Waals surface area (Å²) in [7, 11) is -2.11. The minimum absolute atomic E-state index is 0.0704. The van der Waals surface area contributed by atoms with Crippen LogP contribution in [0.25, 0.3) is 0 Å². The van der Waals surface area contributed by atoms with Gasteiger partial charge in [-0.3, -0.25) is 9.59 Å². The summed E-state index contributed by atoms with van der Waals surface area (Å²) in [5.74, 6) is -1.32. The molecule has 0 aromatic heterocycles. The lowest BCUT2D eigenvalue weighted by molar-refractivity contribution is -0.138. The van der Waals surface area contributed by atoms with E-state index in [0.717, 1.165) is 0 Å². The van der Waals surface area contributed by atoms with Gasteiger partial charge in [0.15, 0.2) is 0 Å². The number of sulfonamides is 1. The van der Waals surface area contributed by atoms with Crippen molar-refractivity contribution in [1.29, 1.82) is 0 Å². The minimum atomic E-state index is -3.63. The summed E-state index contributed by atoms with van der Waals surface area (Å²) in [6.07, 6.45) is 0.0913. The molecule has 8 nitrogen and oxygen atoms in total. The molecule has 144 valence electrons. The molecule has 0 saturated carbocycles. The summed E-state index contributed by atoms with van der Waals surface area (Å²) < 4.78 is 32.0. The molecule has 9 heteroatoms. The van der Waals surface area contributed by atoms with Gasteiger partial charge in [0.2, 0.25) is 10.0 Å². The molecule has 0 spiro atoms. The van der Waals surface area contributed by atoms with Gasteiger partial charge < -0.3 is 14.7 Å². The second kappa shape index (κ2) is 8.15. The maximum Gasteiger partial charge on any atom is 0.305 e. The van der Waals surface area contributed by atoms with Crippen LogP contribution in [0.5, 0.6) is 0 Å². The number of hydrogen-bond donors (Lipinski definition) is 2. The molecular formula is C17H24N2O6S. The van der Waals surface area contributed by atoms with Gasteiger partial charge in [-0.25, -0.2) is 13.1 Å². The maximum absolute atomic E-state index is 12.8. The summed E-state index contributed by atoms with van der Waals surface area (Å²) >= 11 is 0. The van der Waals surface area contributed by atoms with Gasteiger partial charge in [-0.2, -0.15) is 0 Å². The highest BCUT2D eigenvalue weighted by Gasteiger charge is 2.37. The normalized spacial score (nSPS) is 20.5. The average molecular weight is 384 g/mol. The Labute approximate surface area is 153 Å². The number of carbonyl (C=O) groups is 2. The molecule has 2 N–H and O–H groups in total. The lowest BCUT2D eigenvalue weighted by atomic mass is 10.1. The number of aliphatic carboxylic acids is 1. The van der Waals surface area contributed by atoms with E-state index >= 15 is 0 Å². The molecule has 1 saturated heterocycles. The van der Waals surface area contributed by atoms with E-state index in [9.17, 15) is 18.0 Å². The number of ether oxygens (including phenoxy) is 1. The van der Waals surface area contributed by atoms with Crippen LogP contribution < -0.4 is 4.72 Å². The van der Waals surface area contributed by atoms with Crippen molar-refractivity contribution in [3.63, 3.8) is 0 Å². The molecule has 1 aromatic carbocycles. The number of benzene rings is 1. The third kappa shape index (κ3) is 4.80. The number of amides is 1. The van der Waals surface area contributed by atoms with Crippen molar-refractivity contribution >= 4 is 21.9 Å². The third-order valence-electron chi connectivity index (χ3n) is 4.18. The molecule has 0 bridgehead atoms. The summed E-state index contributed by atoms with van der Waals surface area (Å²) in [5.41, 5.74) is 0.306. The highest BCUT2D eigenvalue weighted by Crippen LogP contribution is 2.25. The van der Waals surface area contributed by atoms with Crippen LogP contribution in [0, 0.1) is 0 Å². The number of hydrogen-bond acceptors (Lipinski definition) is 5. The van der Waals surface area contributed by atoms with Crippen LogP contribution in [0.2, 0.25) is 0 Å². The van der Waals surface area contributed by atoms with Gasteiger partial charge in [0.25, 0.3) is 5.91 Å². The van der Waals surface area contributed by atoms with Crippen LogP contribution >= 0.6 is 0 Å². The maximum atomic E-state index is 12.8. The molecular weight excluding hydrogens is 360 g/mol. The smallest absolute Gasteiger partial charge is 0.305 e. The van der Waals surface area contributed by atoms with Gasteiger partial charge in [0, 0.05) is 31.3 Å². The van der Waals surface area contributed by atoms with Crippen molar-refractivity contribution in [3.05, 3.63) is 29.8 Å². The quantitative estimate of drug-likeness (QED) is 0.727. The Bertz CT molecular complexity index is 760. The first-order valence-corrected chi connectivity index (χ1v) is 9.80. The molecule has 0 aliphatic carbocycles. The van der Waals surface area contributed by atoms with Gasteiger partial charge in [0.05, 0.1) is 17.4 Å². The largest absolute Gasteiger partial charge is 0.481 e. The van der Waals surface area contributed by atoms with Gasteiger partial charge >= 0.3 is 5.97 Å². The van der Waals surface area contributed by atoms with Gasteiger partial charge in [-0.1, -0.05) is 0 Å². The Hall–Kier alpha value is -1.97. The lowest BCUT2D eigenvalue weighted by Gasteiger charge is -2.23. The topological polar surface area (TPSA) is 113 Å². The Morgan fingerprint density at radius 3 is 2.42 bits per heavy atom. The zero-order valence-electron chi connectivity index (χ0n) is 15.0. The number of likely N-dealkylation sites (tertiary alicyclic amines) is 1. The summed E-state index contributed by atoms with van der Waals surface area (Å²) in [4.78, 5) is 25.4. The van der Waals surface area contributed by atoms with E-state index in [1.165, 1.54) is 36.3 Å². The average Bonchev–Trinajstić information content (AvgIpc) is 2.95. The number of carboxylic acids is 1. The number of rotatable bonds is 7. The van der Waals surface area contributed by atoms with Crippen molar-refractivity contribution < 1.29 is 27.9 Å². The predicted octanol–water partition coefficient (Wildman–Crippen LogP) is 1.08. The molecule has 2 atom stereocenters. The van der Waals surface area contributed by atoms with Crippen molar-refractivity contribution in [2.45, 2.75) is 49.8 Å². The third-order valence-corrected chi connectivity index (χ3v) is 5.86. The highest BCUT2D eigenvalue weighted by molar-refractivity contribution is 7.89. The van der Waals surface area contributed by atoms with E-state index < -0.39 is 22.0 Å². The fourth-order valence-corrected chi connectivity index (χ4v) is 4.26. The van der Waals surface area contributed by atoms with Crippen molar-refractivity contribution in [2.24, 2.45) is 0 Å². The van der Waals surface area contributed by atoms with Gasteiger partial charge in [-0.15, -0.1) is 0 Å². The summed E-state index contributed by atoms with van der Waals surface area (Å²) in [5, 5.41) is 9.05. The molecule has 2 rings (SSSR count). The van der Waals surface area contributed by atoms with E-state index in [4.69, 9.17) is 9.84 Å². The zero-order chi connectivity index (χ0) is 19.5. The fourth-order valence-electron chi connectivity index (χ4n) is 3.01. The number of methoxy groups -OCH3 is 1. The zero-order valence-corrected chi connectivity index (χ0v) is 15.8. The lowest BCUT2D eigenvalue weighted by Crippen LogP contribution is -2.37. The van der Waals surface area contributed by atoms with E-state index in [1.807, 2.05) is 0 Å². The van der Waals surface area contributed by atoms with Crippen LogP contribution in [0.1, 0.15) is 37.0 Å². The molecule has 1 aromatic rings. The number of nitrogens with one attached hydrogen (secondary N) is 1. The molecule has 1 aliphatic rings. The van der Waals surface area contributed by atoms with Crippen molar-refractivity contribution in [1.82, 2.24) is 9.62 Å². The van der Waals surface area contributed by atoms with Crippen molar-refractivity contribution in [2.75, 3.05) is 13.7 Å². The van der Waals surface area contributed by atoms with Gasteiger partial charge in [0.1, 0.15) is 0 Å². The number of carboxylic acid groups (broad SMARTS) is 1. The Balaban J connectivity index is 2.19. The summed E-state index contributed by atoms with van der Waals surface area (Å²) in [6, 6.07) is 4.93. The molecule has 26 heavy (non-hydrogen) atoms. The fraction of sp³-hybridized carbons (Fsp3) is 0.529. The first kappa shape index (κ1) is 20.3. The molecule has 1 heterocycles. The Morgan fingerprint density at radius 2 is 1.92 bits per heavy atom. The van der Waals surface area contributed by atoms with Crippen LogP contribution in [-0.4, -0.2) is 62.1 Å². The van der Waals surface area contributed by atoms with Crippen LogP contribution in [0.4, 0.5) is 0 Å². The van der Waals surface area contributed by atoms with Crippen LogP contribution in [0.15, 0.2) is 29.2 Å². The molecule has 0 radical (unpaired) electrons. The molecule has 1 amide bonds. The number of carbonyl (C=O) groups excluding carboxylic acids is 1. The Kier molecular flexibility index (Phi) is 6.38. The SMILES string of the molecule is COC1CC(CC(=O)O)N(C(=O)c2ccc(S(=O)(=O)NC(C)C)cc2)C1. The summed E-state index contributed by atoms with van der Waals surface area (Å²) in [6.45, 7) is 3.75. The second-order valence-corrected chi connectivity index (χ2v) is 8.32. The van der Waals surface area contributed by atoms with E-state index in [-0.39, 0.29) is 29.4 Å². The monoisotopic (exact) mass is 384 g/mol. The first-order valence-electron chi connectivity index (χ1n) is 8.32. The molecule has 1 fully saturated rings. The minimum Gasteiger partial charge on any atom is -0.481 e. The highest BCUT2D eigenvalue weighted by atomic mass is 32.2. The van der Waals surface area contributed by atoms with Gasteiger partial charge in [-0.05, 0) is 44.5 Å². The van der Waals surface area contributed by atoms with Crippen LogP contribution in [-0.2, 0) is 19.6 Å².